The average Bonchev–Trinajstić information content (AvgIpc) is 2.37. The molecule has 1 heterocycles. The Morgan fingerprint density at radius 1 is 1.38 bits per heavy atom. The fourth-order valence-corrected chi connectivity index (χ4v) is 3.23. The summed E-state index contributed by atoms with van der Waals surface area (Å²) in [6, 6.07) is 4.09. The van der Waals surface area contributed by atoms with Crippen molar-refractivity contribution in [2.45, 2.75) is 20.3 Å². The number of rotatable bonds is 4. The van der Waals surface area contributed by atoms with Gasteiger partial charge in [0.2, 0.25) is 0 Å². The highest BCUT2D eigenvalue weighted by Crippen LogP contribution is 2.20. The van der Waals surface area contributed by atoms with Crippen molar-refractivity contribution in [3.05, 3.63) is 34.6 Å². The van der Waals surface area contributed by atoms with Crippen LogP contribution in [0.15, 0.2) is 18.2 Å². The maximum Gasteiger partial charge on any atom is 0.254 e. The topological polar surface area (TPSA) is 32.3 Å². The van der Waals surface area contributed by atoms with E-state index in [2.05, 4.69) is 24.1 Å². The Morgan fingerprint density at radius 2 is 2.05 bits per heavy atom. The second-order valence-corrected chi connectivity index (χ2v) is 6.52. The number of nitrogens with zero attached hydrogens (tertiary/aromatic N) is 1. The minimum Gasteiger partial charge on any atom is -0.351 e. The predicted octanol–water partition coefficient (Wildman–Crippen LogP) is 3.19. The summed E-state index contributed by atoms with van der Waals surface area (Å²) in [4.78, 5) is 14.3. The summed E-state index contributed by atoms with van der Waals surface area (Å²) in [5.74, 6) is 0.416. The van der Waals surface area contributed by atoms with Crippen molar-refractivity contribution in [3.8, 4) is 0 Å². The van der Waals surface area contributed by atoms with Crippen molar-refractivity contribution in [1.82, 2.24) is 10.2 Å². The smallest absolute Gasteiger partial charge is 0.254 e. The Bertz CT molecular complexity index is 499. The first-order valence-corrected chi connectivity index (χ1v) is 7.79. The Morgan fingerprint density at radius 3 is 2.67 bits per heavy atom. The summed E-state index contributed by atoms with van der Waals surface area (Å²) in [7, 11) is 0. The zero-order chi connectivity index (χ0) is 15.4. The van der Waals surface area contributed by atoms with Gasteiger partial charge in [-0.05, 0) is 36.5 Å². The fourth-order valence-electron chi connectivity index (χ4n) is 3.07. The summed E-state index contributed by atoms with van der Waals surface area (Å²) >= 11 is 5.68. The molecule has 1 N–H and O–H groups in total. The molecule has 2 atom stereocenters. The van der Waals surface area contributed by atoms with Crippen LogP contribution >= 0.6 is 11.6 Å². The maximum atomic E-state index is 13.6. The first kappa shape index (κ1) is 16.2. The SMILES string of the molecule is C[C@@H]1C[C@@H](C)CN(CCNC(=O)c2ccc(Cl)cc2F)C1. The molecule has 0 radical (unpaired) electrons. The molecule has 2 rings (SSSR count). The summed E-state index contributed by atoms with van der Waals surface area (Å²) in [6.45, 7) is 7.97. The van der Waals surface area contributed by atoms with Gasteiger partial charge in [0.05, 0.1) is 5.56 Å². The molecule has 116 valence electrons. The summed E-state index contributed by atoms with van der Waals surface area (Å²) in [5.41, 5.74) is 0.0415. The number of benzene rings is 1. The number of carbonyl (C=O) groups excluding carboxylic acids is 1. The molecule has 1 aromatic carbocycles. The summed E-state index contributed by atoms with van der Waals surface area (Å²) < 4.78 is 13.6. The van der Waals surface area contributed by atoms with Crippen LogP contribution in [-0.4, -0.2) is 37.0 Å². The van der Waals surface area contributed by atoms with E-state index in [4.69, 9.17) is 11.6 Å². The zero-order valence-corrected chi connectivity index (χ0v) is 13.3. The molecule has 1 aliphatic rings. The lowest BCUT2D eigenvalue weighted by molar-refractivity contribution is 0.0932. The van der Waals surface area contributed by atoms with Crippen molar-refractivity contribution in [1.29, 1.82) is 0 Å². The number of piperidine rings is 1. The quantitative estimate of drug-likeness (QED) is 0.926. The van der Waals surface area contributed by atoms with Crippen LogP contribution in [0.5, 0.6) is 0 Å². The second-order valence-electron chi connectivity index (χ2n) is 6.09. The van der Waals surface area contributed by atoms with Gasteiger partial charge in [0.25, 0.3) is 5.91 Å². The van der Waals surface area contributed by atoms with Gasteiger partial charge in [-0.15, -0.1) is 0 Å². The first-order valence-electron chi connectivity index (χ1n) is 7.41. The van der Waals surface area contributed by atoms with Crippen LogP contribution in [0.25, 0.3) is 0 Å². The molecular weight excluding hydrogens is 291 g/mol. The normalized spacial score (nSPS) is 23.0. The first-order chi connectivity index (χ1) is 9.95. The molecule has 0 unspecified atom stereocenters. The van der Waals surface area contributed by atoms with E-state index in [9.17, 15) is 9.18 Å². The van der Waals surface area contributed by atoms with Crippen molar-refractivity contribution in [2.24, 2.45) is 11.8 Å². The number of hydrogen-bond acceptors (Lipinski definition) is 2. The van der Waals surface area contributed by atoms with E-state index in [0.717, 1.165) is 25.7 Å². The Kier molecular flexibility index (Phi) is 5.59. The molecule has 0 saturated carbocycles. The molecule has 0 aliphatic carbocycles. The van der Waals surface area contributed by atoms with E-state index in [1.807, 2.05) is 0 Å². The highest BCUT2D eigenvalue weighted by atomic mass is 35.5. The van der Waals surface area contributed by atoms with Crippen LogP contribution in [0.2, 0.25) is 5.02 Å². The minimum absolute atomic E-state index is 0.0415. The van der Waals surface area contributed by atoms with E-state index >= 15 is 0 Å². The molecule has 21 heavy (non-hydrogen) atoms. The van der Waals surface area contributed by atoms with Crippen LogP contribution in [0, 0.1) is 17.7 Å². The Labute approximate surface area is 130 Å². The number of nitrogens with one attached hydrogen (secondary N) is 1. The second kappa shape index (κ2) is 7.23. The van der Waals surface area contributed by atoms with Crippen molar-refractivity contribution in [3.63, 3.8) is 0 Å². The molecule has 1 aliphatic heterocycles. The van der Waals surface area contributed by atoms with Gasteiger partial charge in [0.1, 0.15) is 5.82 Å². The number of carbonyl (C=O) groups is 1. The van der Waals surface area contributed by atoms with Crippen LogP contribution in [0.4, 0.5) is 4.39 Å². The molecule has 0 aromatic heterocycles. The molecular formula is C16H22ClFN2O. The molecule has 5 heteroatoms. The molecule has 1 aromatic rings. The van der Waals surface area contributed by atoms with Crippen LogP contribution in [0.1, 0.15) is 30.6 Å². The largest absolute Gasteiger partial charge is 0.351 e. The summed E-state index contributed by atoms with van der Waals surface area (Å²) in [6.07, 6.45) is 1.26. The van der Waals surface area contributed by atoms with Gasteiger partial charge >= 0.3 is 0 Å². The van der Waals surface area contributed by atoms with Gasteiger partial charge in [0, 0.05) is 31.2 Å². The third-order valence-electron chi connectivity index (χ3n) is 3.83. The lowest BCUT2D eigenvalue weighted by Gasteiger charge is -2.34. The van der Waals surface area contributed by atoms with E-state index in [-0.39, 0.29) is 11.5 Å². The maximum absolute atomic E-state index is 13.6. The Balaban J connectivity index is 1.81. The van der Waals surface area contributed by atoms with E-state index in [1.165, 1.54) is 18.6 Å². The third-order valence-corrected chi connectivity index (χ3v) is 4.07. The van der Waals surface area contributed by atoms with Crippen LogP contribution < -0.4 is 5.32 Å². The summed E-state index contributed by atoms with van der Waals surface area (Å²) in [5, 5.41) is 3.06. The van der Waals surface area contributed by atoms with Gasteiger partial charge < -0.3 is 10.2 Å². The van der Waals surface area contributed by atoms with Crippen molar-refractivity contribution in [2.75, 3.05) is 26.2 Å². The highest BCUT2D eigenvalue weighted by Gasteiger charge is 2.21. The van der Waals surface area contributed by atoms with Gasteiger partial charge in [-0.2, -0.15) is 0 Å². The zero-order valence-electron chi connectivity index (χ0n) is 12.5. The van der Waals surface area contributed by atoms with Crippen molar-refractivity contribution < 1.29 is 9.18 Å². The molecule has 1 fully saturated rings. The molecule has 0 spiro atoms. The van der Waals surface area contributed by atoms with Gasteiger partial charge in [0.15, 0.2) is 0 Å². The monoisotopic (exact) mass is 312 g/mol. The van der Waals surface area contributed by atoms with Gasteiger partial charge in [-0.25, -0.2) is 4.39 Å². The molecule has 1 amide bonds. The fraction of sp³-hybridized carbons (Fsp3) is 0.562. The van der Waals surface area contributed by atoms with E-state index < -0.39 is 5.82 Å². The molecule has 3 nitrogen and oxygen atoms in total. The third kappa shape index (κ3) is 4.68. The number of likely N-dealkylation sites (tertiary alicyclic amines) is 1. The highest BCUT2D eigenvalue weighted by molar-refractivity contribution is 6.30. The average molecular weight is 313 g/mol. The van der Waals surface area contributed by atoms with Gasteiger partial charge in [-0.1, -0.05) is 25.4 Å². The van der Waals surface area contributed by atoms with E-state index in [1.54, 1.807) is 0 Å². The van der Waals surface area contributed by atoms with Gasteiger partial charge in [-0.3, -0.25) is 4.79 Å². The number of hydrogen-bond donors (Lipinski definition) is 1. The lowest BCUT2D eigenvalue weighted by Crippen LogP contribution is -2.42. The Hall–Kier alpha value is -1.13. The lowest BCUT2D eigenvalue weighted by atomic mass is 9.92. The molecule has 1 saturated heterocycles. The predicted molar refractivity (Wildman–Crippen MR) is 83.1 cm³/mol. The number of amides is 1. The number of halogens is 2. The van der Waals surface area contributed by atoms with Crippen molar-refractivity contribution >= 4 is 17.5 Å². The van der Waals surface area contributed by atoms with E-state index in [0.29, 0.717) is 23.4 Å². The van der Waals surface area contributed by atoms with Crippen LogP contribution in [-0.2, 0) is 0 Å². The van der Waals surface area contributed by atoms with Crippen LogP contribution in [0.3, 0.4) is 0 Å². The minimum atomic E-state index is -0.583. The standard InChI is InChI=1S/C16H22ClFN2O/c1-11-7-12(2)10-20(9-11)6-5-19-16(21)14-4-3-13(17)8-15(14)18/h3-4,8,11-12H,5-7,9-10H2,1-2H3,(H,19,21)/t11-,12-/m1/s1. The molecule has 0 bridgehead atoms.